The van der Waals surface area contributed by atoms with Crippen LogP contribution in [0.4, 0.5) is 10.5 Å². The second-order valence-electron chi connectivity index (χ2n) is 6.73. The lowest BCUT2D eigenvalue weighted by Crippen LogP contribution is -2.52. The van der Waals surface area contributed by atoms with Crippen molar-refractivity contribution in [1.82, 2.24) is 10.2 Å². The van der Waals surface area contributed by atoms with Crippen LogP contribution in [0, 0.1) is 19.8 Å². The highest BCUT2D eigenvalue weighted by atomic mass is 16.2. The lowest BCUT2D eigenvalue weighted by Gasteiger charge is -2.36. The van der Waals surface area contributed by atoms with Crippen LogP contribution in [-0.4, -0.2) is 43.7 Å². The maximum Gasteiger partial charge on any atom is 0.317 e. The standard InChI is InChI=1S/C18H29N3O/c1-14(2)5-6-19-18(22)21-9-7-20(8-10-21)17-12-15(3)11-16(4)13-17/h11-14H,5-10H2,1-4H3,(H,19,22). The van der Waals surface area contributed by atoms with E-state index in [9.17, 15) is 4.79 Å². The Hall–Kier alpha value is -1.71. The molecule has 122 valence electrons. The zero-order valence-electron chi connectivity index (χ0n) is 14.4. The zero-order valence-corrected chi connectivity index (χ0v) is 14.4. The lowest BCUT2D eigenvalue weighted by molar-refractivity contribution is 0.194. The van der Waals surface area contributed by atoms with E-state index in [0.717, 1.165) is 39.1 Å². The molecule has 0 aliphatic carbocycles. The van der Waals surface area contributed by atoms with Gasteiger partial charge in [0, 0.05) is 38.4 Å². The Balaban J connectivity index is 1.83. The van der Waals surface area contributed by atoms with Crippen LogP contribution in [0.1, 0.15) is 31.4 Å². The molecule has 0 unspecified atom stereocenters. The Kier molecular flexibility index (Phi) is 5.69. The summed E-state index contributed by atoms with van der Waals surface area (Å²) >= 11 is 0. The van der Waals surface area contributed by atoms with E-state index in [2.05, 4.69) is 56.1 Å². The van der Waals surface area contributed by atoms with Gasteiger partial charge in [0.2, 0.25) is 0 Å². The van der Waals surface area contributed by atoms with Crippen LogP contribution in [0.3, 0.4) is 0 Å². The van der Waals surface area contributed by atoms with Crippen LogP contribution in [0.15, 0.2) is 18.2 Å². The average molecular weight is 303 g/mol. The number of nitrogens with one attached hydrogen (secondary N) is 1. The van der Waals surface area contributed by atoms with E-state index in [4.69, 9.17) is 0 Å². The molecule has 0 spiro atoms. The topological polar surface area (TPSA) is 35.6 Å². The minimum Gasteiger partial charge on any atom is -0.368 e. The first-order valence-corrected chi connectivity index (χ1v) is 8.31. The molecule has 4 nitrogen and oxygen atoms in total. The number of benzene rings is 1. The van der Waals surface area contributed by atoms with E-state index in [-0.39, 0.29) is 6.03 Å². The molecule has 0 bridgehead atoms. The Labute approximate surface area is 134 Å². The summed E-state index contributed by atoms with van der Waals surface area (Å²) in [7, 11) is 0. The van der Waals surface area contributed by atoms with Gasteiger partial charge in [-0.15, -0.1) is 0 Å². The predicted octanol–water partition coefficient (Wildman–Crippen LogP) is 3.18. The maximum absolute atomic E-state index is 12.1. The minimum absolute atomic E-state index is 0.0840. The van der Waals surface area contributed by atoms with Crippen molar-refractivity contribution in [1.29, 1.82) is 0 Å². The molecular weight excluding hydrogens is 274 g/mol. The number of aryl methyl sites for hydroxylation is 2. The quantitative estimate of drug-likeness (QED) is 0.927. The fourth-order valence-corrected chi connectivity index (χ4v) is 2.88. The van der Waals surface area contributed by atoms with E-state index in [1.165, 1.54) is 16.8 Å². The highest BCUT2D eigenvalue weighted by Gasteiger charge is 2.21. The largest absolute Gasteiger partial charge is 0.368 e. The van der Waals surface area contributed by atoms with Gasteiger partial charge in [-0.1, -0.05) is 19.9 Å². The molecule has 1 N–H and O–H groups in total. The van der Waals surface area contributed by atoms with E-state index in [1.807, 2.05) is 4.90 Å². The summed E-state index contributed by atoms with van der Waals surface area (Å²) in [4.78, 5) is 16.4. The van der Waals surface area contributed by atoms with Gasteiger partial charge in [-0.05, 0) is 49.4 Å². The number of anilines is 1. The minimum atomic E-state index is 0.0840. The molecule has 0 radical (unpaired) electrons. The van der Waals surface area contributed by atoms with Crippen LogP contribution in [0.2, 0.25) is 0 Å². The number of nitrogens with zero attached hydrogens (tertiary/aromatic N) is 2. The highest BCUT2D eigenvalue weighted by Crippen LogP contribution is 2.20. The van der Waals surface area contributed by atoms with Crippen LogP contribution in [0.5, 0.6) is 0 Å². The number of carbonyl (C=O) groups is 1. The van der Waals surface area contributed by atoms with E-state index in [0.29, 0.717) is 5.92 Å². The molecule has 22 heavy (non-hydrogen) atoms. The SMILES string of the molecule is Cc1cc(C)cc(N2CCN(C(=O)NCCC(C)C)CC2)c1. The molecule has 1 aromatic carbocycles. The highest BCUT2D eigenvalue weighted by molar-refractivity contribution is 5.74. The van der Waals surface area contributed by atoms with Crippen LogP contribution in [-0.2, 0) is 0 Å². The van der Waals surface area contributed by atoms with Crippen LogP contribution < -0.4 is 10.2 Å². The molecule has 0 atom stereocenters. The second kappa shape index (κ2) is 7.52. The Morgan fingerprint density at radius 2 is 1.68 bits per heavy atom. The van der Waals surface area contributed by atoms with Gasteiger partial charge in [0.25, 0.3) is 0 Å². The van der Waals surface area contributed by atoms with Gasteiger partial charge in [-0.2, -0.15) is 0 Å². The summed E-state index contributed by atoms with van der Waals surface area (Å²) in [6.07, 6.45) is 1.04. The van der Waals surface area contributed by atoms with Gasteiger partial charge in [0.05, 0.1) is 0 Å². The van der Waals surface area contributed by atoms with Crippen molar-refractivity contribution in [2.45, 2.75) is 34.1 Å². The van der Waals surface area contributed by atoms with E-state index < -0.39 is 0 Å². The summed E-state index contributed by atoms with van der Waals surface area (Å²) in [6.45, 7) is 12.8. The average Bonchev–Trinajstić information content (AvgIpc) is 2.46. The zero-order chi connectivity index (χ0) is 16.1. The van der Waals surface area contributed by atoms with Crippen LogP contribution >= 0.6 is 0 Å². The monoisotopic (exact) mass is 303 g/mol. The number of urea groups is 1. The Morgan fingerprint density at radius 3 is 2.23 bits per heavy atom. The number of piperazine rings is 1. The number of hydrogen-bond acceptors (Lipinski definition) is 2. The Bertz CT molecular complexity index is 485. The number of amides is 2. The smallest absolute Gasteiger partial charge is 0.317 e. The lowest BCUT2D eigenvalue weighted by atomic mass is 10.1. The first-order chi connectivity index (χ1) is 10.5. The third kappa shape index (κ3) is 4.65. The Morgan fingerprint density at radius 1 is 1.09 bits per heavy atom. The molecular formula is C18H29N3O. The summed E-state index contributed by atoms with van der Waals surface area (Å²) in [6, 6.07) is 6.74. The van der Waals surface area contributed by atoms with Crippen molar-refractivity contribution >= 4 is 11.7 Å². The van der Waals surface area contributed by atoms with Gasteiger partial charge in [0.15, 0.2) is 0 Å². The number of carbonyl (C=O) groups excluding carboxylic acids is 1. The van der Waals surface area contributed by atoms with Crippen LogP contribution in [0.25, 0.3) is 0 Å². The predicted molar refractivity (Wildman–Crippen MR) is 92.6 cm³/mol. The summed E-state index contributed by atoms with van der Waals surface area (Å²) < 4.78 is 0. The second-order valence-corrected chi connectivity index (χ2v) is 6.73. The molecule has 1 aromatic rings. The first kappa shape index (κ1) is 16.7. The van der Waals surface area contributed by atoms with Crippen molar-refractivity contribution in [3.63, 3.8) is 0 Å². The maximum atomic E-state index is 12.1. The molecule has 1 fully saturated rings. The molecule has 2 rings (SSSR count). The van der Waals surface area contributed by atoms with E-state index >= 15 is 0 Å². The molecule has 2 amide bonds. The number of rotatable bonds is 4. The molecule has 1 aliphatic heterocycles. The van der Waals surface area contributed by atoms with Gasteiger partial charge < -0.3 is 15.1 Å². The van der Waals surface area contributed by atoms with E-state index in [1.54, 1.807) is 0 Å². The fourth-order valence-electron chi connectivity index (χ4n) is 2.88. The summed E-state index contributed by atoms with van der Waals surface area (Å²) in [5.74, 6) is 0.627. The van der Waals surface area contributed by atoms with Gasteiger partial charge in [-0.3, -0.25) is 0 Å². The van der Waals surface area contributed by atoms with Crippen molar-refractivity contribution in [3.05, 3.63) is 29.3 Å². The molecule has 1 aliphatic rings. The molecule has 0 aromatic heterocycles. The van der Waals surface area contributed by atoms with Gasteiger partial charge in [-0.25, -0.2) is 4.79 Å². The van der Waals surface area contributed by atoms with Crippen molar-refractivity contribution in [2.24, 2.45) is 5.92 Å². The normalized spacial score (nSPS) is 15.3. The summed E-state index contributed by atoms with van der Waals surface area (Å²) in [5, 5.41) is 3.03. The number of hydrogen-bond donors (Lipinski definition) is 1. The van der Waals surface area contributed by atoms with Crippen molar-refractivity contribution in [3.8, 4) is 0 Å². The van der Waals surface area contributed by atoms with Crippen molar-refractivity contribution < 1.29 is 4.79 Å². The molecule has 4 heteroatoms. The van der Waals surface area contributed by atoms with Crippen molar-refractivity contribution in [2.75, 3.05) is 37.6 Å². The molecule has 1 saturated heterocycles. The third-order valence-electron chi connectivity index (χ3n) is 4.14. The first-order valence-electron chi connectivity index (χ1n) is 8.31. The molecule has 1 heterocycles. The third-order valence-corrected chi connectivity index (χ3v) is 4.14. The summed E-state index contributed by atoms with van der Waals surface area (Å²) in [5.41, 5.74) is 3.87. The van der Waals surface area contributed by atoms with Gasteiger partial charge >= 0.3 is 6.03 Å². The fraction of sp³-hybridized carbons (Fsp3) is 0.611. The van der Waals surface area contributed by atoms with Gasteiger partial charge in [0.1, 0.15) is 0 Å². The molecule has 0 saturated carbocycles.